The Bertz CT molecular complexity index is 876. The van der Waals surface area contributed by atoms with Gasteiger partial charge in [-0.3, -0.25) is 9.40 Å². The van der Waals surface area contributed by atoms with Crippen LogP contribution in [0.15, 0.2) is 23.2 Å². The van der Waals surface area contributed by atoms with E-state index in [2.05, 4.69) is 9.82 Å². The molecule has 1 fully saturated rings. The van der Waals surface area contributed by atoms with Gasteiger partial charge in [-0.05, 0) is 43.9 Å². The molecule has 0 spiro atoms. The molecule has 3 rings (SSSR count). The molecule has 0 bridgehead atoms. The van der Waals surface area contributed by atoms with Gasteiger partial charge in [0.2, 0.25) is 0 Å². The summed E-state index contributed by atoms with van der Waals surface area (Å²) in [5.74, 6) is 0.271. The monoisotopic (exact) mass is 389 g/mol. The number of anilines is 1. The van der Waals surface area contributed by atoms with E-state index in [0.29, 0.717) is 10.6 Å². The summed E-state index contributed by atoms with van der Waals surface area (Å²) >= 11 is 12.0. The van der Waals surface area contributed by atoms with Gasteiger partial charge in [0.15, 0.2) is 0 Å². The first kappa shape index (κ1) is 17.4. The summed E-state index contributed by atoms with van der Waals surface area (Å²) in [4.78, 5) is -0.0375. The van der Waals surface area contributed by atoms with E-state index < -0.39 is 10.0 Å². The second-order valence-corrected chi connectivity index (χ2v) is 8.29. The van der Waals surface area contributed by atoms with Gasteiger partial charge >= 0.3 is 0 Å². The zero-order valence-corrected chi connectivity index (χ0v) is 15.5. The molecule has 9 heteroatoms. The largest absolute Gasteiger partial charge is 0.472 e. The van der Waals surface area contributed by atoms with E-state index >= 15 is 0 Å². The number of halogens is 2. The summed E-state index contributed by atoms with van der Waals surface area (Å²) in [5.41, 5.74) is 0.909. The van der Waals surface area contributed by atoms with Crippen LogP contribution in [0.3, 0.4) is 0 Å². The number of nitrogens with zero attached hydrogens (tertiary/aromatic N) is 2. The van der Waals surface area contributed by atoms with Crippen molar-refractivity contribution in [2.45, 2.75) is 37.2 Å². The van der Waals surface area contributed by atoms with Gasteiger partial charge in [-0.2, -0.15) is 0 Å². The first-order valence-corrected chi connectivity index (χ1v) is 9.69. The van der Waals surface area contributed by atoms with Crippen LogP contribution >= 0.6 is 23.2 Å². The van der Waals surface area contributed by atoms with Gasteiger partial charge in [-0.25, -0.2) is 8.42 Å². The Balaban J connectivity index is 1.91. The van der Waals surface area contributed by atoms with Crippen LogP contribution in [0.25, 0.3) is 0 Å². The molecule has 1 heterocycles. The van der Waals surface area contributed by atoms with Gasteiger partial charge in [0.05, 0.1) is 11.2 Å². The van der Waals surface area contributed by atoms with Crippen LogP contribution in [0.4, 0.5) is 5.69 Å². The quantitative estimate of drug-likeness (QED) is 0.844. The maximum absolute atomic E-state index is 12.7. The molecule has 0 atom stereocenters. The smallest absolute Gasteiger partial charge is 0.263 e. The number of hydrogen-bond donors (Lipinski definition) is 1. The molecule has 0 aliphatic heterocycles. The number of aromatic nitrogens is 2. The molecule has 1 aromatic heterocycles. The minimum atomic E-state index is -3.89. The van der Waals surface area contributed by atoms with Crippen molar-refractivity contribution in [2.75, 3.05) is 4.72 Å². The Morgan fingerprint density at radius 3 is 2.62 bits per heavy atom. The van der Waals surface area contributed by atoms with E-state index in [9.17, 15) is 8.42 Å². The highest BCUT2D eigenvalue weighted by Crippen LogP contribution is 2.33. The molecule has 6 nitrogen and oxygen atoms in total. The normalized spacial score (nSPS) is 15.2. The maximum atomic E-state index is 12.7. The van der Waals surface area contributed by atoms with Gasteiger partial charge < -0.3 is 4.74 Å². The molecule has 130 valence electrons. The van der Waals surface area contributed by atoms with Crippen molar-refractivity contribution in [3.63, 3.8) is 0 Å². The van der Waals surface area contributed by atoms with Gasteiger partial charge in [0, 0.05) is 12.1 Å². The molecule has 1 saturated carbocycles. The highest BCUT2D eigenvalue weighted by Gasteiger charge is 2.26. The number of rotatable bonds is 5. The summed E-state index contributed by atoms with van der Waals surface area (Å²) in [6.07, 6.45) is 4.65. The number of sulfonamides is 1. The SMILES string of the molecule is Cc1cc(S(=O)(=O)Nc2cn(C)nc2OC2CCC2)c(Cl)cc1Cl. The Morgan fingerprint density at radius 2 is 2.00 bits per heavy atom. The summed E-state index contributed by atoms with van der Waals surface area (Å²) in [5, 5.41) is 4.65. The molecule has 0 saturated heterocycles. The van der Waals surface area contributed by atoms with Gasteiger partial charge in [0.25, 0.3) is 15.9 Å². The average Bonchev–Trinajstić information content (AvgIpc) is 2.77. The Kier molecular flexibility index (Phi) is 4.68. The molecule has 1 aliphatic carbocycles. The fraction of sp³-hybridized carbons (Fsp3) is 0.400. The molecular weight excluding hydrogens is 373 g/mol. The minimum absolute atomic E-state index is 0.0375. The van der Waals surface area contributed by atoms with Crippen molar-refractivity contribution in [3.05, 3.63) is 33.9 Å². The van der Waals surface area contributed by atoms with Crippen molar-refractivity contribution in [3.8, 4) is 5.88 Å². The number of benzene rings is 1. The van der Waals surface area contributed by atoms with Crippen LogP contribution in [0.5, 0.6) is 5.88 Å². The molecule has 0 unspecified atom stereocenters. The zero-order valence-electron chi connectivity index (χ0n) is 13.2. The Morgan fingerprint density at radius 1 is 1.29 bits per heavy atom. The van der Waals surface area contributed by atoms with Crippen LogP contribution < -0.4 is 9.46 Å². The summed E-state index contributed by atoms with van der Waals surface area (Å²) in [6, 6.07) is 2.86. The van der Waals surface area contributed by atoms with E-state index in [-0.39, 0.29) is 27.6 Å². The summed E-state index contributed by atoms with van der Waals surface area (Å²) in [6.45, 7) is 1.72. The molecule has 1 N–H and O–H groups in total. The number of ether oxygens (including phenoxy) is 1. The van der Waals surface area contributed by atoms with E-state index in [1.165, 1.54) is 16.8 Å². The maximum Gasteiger partial charge on any atom is 0.263 e. The summed E-state index contributed by atoms with van der Waals surface area (Å²) < 4.78 is 35.1. The fourth-order valence-electron chi connectivity index (χ4n) is 2.31. The molecule has 1 aromatic carbocycles. The lowest BCUT2D eigenvalue weighted by Gasteiger charge is -2.25. The molecular formula is C15H17Cl2N3O3S. The lowest BCUT2D eigenvalue weighted by Crippen LogP contribution is -2.25. The average molecular weight is 390 g/mol. The van der Waals surface area contributed by atoms with Crippen LogP contribution in [-0.4, -0.2) is 24.3 Å². The topological polar surface area (TPSA) is 73.2 Å². The van der Waals surface area contributed by atoms with E-state index in [1.807, 2.05) is 0 Å². The second-order valence-electron chi connectivity index (χ2n) is 5.83. The molecule has 0 amide bonds. The van der Waals surface area contributed by atoms with Crippen LogP contribution in [0, 0.1) is 6.92 Å². The van der Waals surface area contributed by atoms with Gasteiger partial charge in [-0.1, -0.05) is 23.2 Å². The third-order valence-corrected chi connectivity index (χ3v) is 6.11. The van der Waals surface area contributed by atoms with Crippen molar-refractivity contribution in [1.29, 1.82) is 0 Å². The van der Waals surface area contributed by atoms with Crippen molar-refractivity contribution >= 4 is 38.9 Å². The predicted molar refractivity (Wildman–Crippen MR) is 93.5 cm³/mol. The van der Waals surface area contributed by atoms with E-state index in [4.69, 9.17) is 27.9 Å². The van der Waals surface area contributed by atoms with Crippen molar-refractivity contribution < 1.29 is 13.2 Å². The van der Waals surface area contributed by atoms with Crippen LogP contribution in [-0.2, 0) is 17.1 Å². The summed E-state index contributed by atoms with van der Waals surface area (Å²) in [7, 11) is -2.19. The van der Waals surface area contributed by atoms with E-state index in [1.54, 1.807) is 20.2 Å². The lowest BCUT2D eigenvalue weighted by molar-refractivity contribution is 0.114. The molecule has 1 aliphatic rings. The third kappa shape index (κ3) is 3.48. The van der Waals surface area contributed by atoms with Crippen LogP contribution in [0.1, 0.15) is 24.8 Å². The highest BCUT2D eigenvalue weighted by atomic mass is 35.5. The van der Waals surface area contributed by atoms with Crippen molar-refractivity contribution in [1.82, 2.24) is 9.78 Å². The first-order valence-electron chi connectivity index (χ1n) is 7.45. The van der Waals surface area contributed by atoms with Crippen molar-refractivity contribution in [2.24, 2.45) is 7.05 Å². The number of hydrogen-bond acceptors (Lipinski definition) is 4. The zero-order chi connectivity index (χ0) is 17.5. The number of nitrogens with one attached hydrogen (secondary N) is 1. The fourth-order valence-corrected chi connectivity index (χ4v) is 4.18. The minimum Gasteiger partial charge on any atom is -0.472 e. The standard InChI is InChI=1S/C15H17Cl2N3O3S/c1-9-6-14(12(17)7-11(9)16)24(21,22)19-13-8-20(2)18-15(13)23-10-4-3-5-10/h6-8,10,19H,3-5H2,1-2H3. The molecule has 0 radical (unpaired) electrons. The van der Waals surface area contributed by atoms with Gasteiger partial charge in [0.1, 0.15) is 16.7 Å². The predicted octanol–water partition coefficient (Wildman–Crippen LogP) is 3.77. The number of aryl methyl sites for hydroxylation is 2. The van der Waals surface area contributed by atoms with Crippen LogP contribution in [0.2, 0.25) is 10.0 Å². The van der Waals surface area contributed by atoms with E-state index in [0.717, 1.165) is 19.3 Å². The first-order chi connectivity index (χ1) is 11.3. The second kappa shape index (κ2) is 6.46. The third-order valence-electron chi connectivity index (χ3n) is 3.87. The highest BCUT2D eigenvalue weighted by molar-refractivity contribution is 7.92. The van der Waals surface area contributed by atoms with Gasteiger partial charge in [-0.15, -0.1) is 5.10 Å². The molecule has 24 heavy (non-hydrogen) atoms. The Hall–Kier alpha value is -1.44. The Labute approximate surface area is 150 Å². The lowest BCUT2D eigenvalue weighted by atomic mass is 9.96. The molecule has 2 aromatic rings.